The molecule has 1 aliphatic rings. The lowest BCUT2D eigenvalue weighted by atomic mass is 10.2. The molecule has 0 saturated carbocycles. The van der Waals surface area contributed by atoms with Gasteiger partial charge in [-0.25, -0.2) is 0 Å². The predicted octanol–water partition coefficient (Wildman–Crippen LogP) is 1.73. The Morgan fingerprint density at radius 2 is 1.83 bits per heavy atom. The van der Waals surface area contributed by atoms with Crippen molar-refractivity contribution >= 4 is 5.91 Å². The molecule has 5 heteroatoms. The first-order valence-electron chi connectivity index (χ1n) is 8.49. The summed E-state index contributed by atoms with van der Waals surface area (Å²) in [6.07, 6.45) is 0.211. The molecule has 2 rings (SSSR count). The third kappa shape index (κ3) is 6.20. The molecule has 0 unspecified atom stereocenters. The van der Waals surface area contributed by atoms with Crippen LogP contribution in [0.3, 0.4) is 0 Å². The molecule has 1 fully saturated rings. The SMILES string of the molecule is CC(=O)N1CCN(CCNCc2ccc(OC(C)C)cc2)CC1. The van der Waals surface area contributed by atoms with E-state index in [2.05, 4.69) is 22.3 Å². The zero-order chi connectivity index (χ0) is 16.7. The van der Waals surface area contributed by atoms with Gasteiger partial charge in [0.15, 0.2) is 0 Å². The van der Waals surface area contributed by atoms with Crippen LogP contribution in [0.2, 0.25) is 0 Å². The molecule has 0 atom stereocenters. The van der Waals surface area contributed by atoms with Gasteiger partial charge in [-0.3, -0.25) is 9.69 Å². The molecule has 0 aliphatic carbocycles. The highest BCUT2D eigenvalue weighted by molar-refractivity contribution is 5.73. The van der Waals surface area contributed by atoms with Gasteiger partial charge < -0.3 is 15.0 Å². The lowest BCUT2D eigenvalue weighted by molar-refractivity contribution is -0.130. The Morgan fingerprint density at radius 3 is 2.39 bits per heavy atom. The average molecular weight is 319 g/mol. The number of hydrogen-bond acceptors (Lipinski definition) is 4. The number of carbonyl (C=O) groups is 1. The number of carbonyl (C=O) groups excluding carboxylic acids is 1. The van der Waals surface area contributed by atoms with Crippen LogP contribution in [-0.2, 0) is 11.3 Å². The smallest absolute Gasteiger partial charge is 0.219 e. The quantitative estimate of drug-likeness (QED) is 0.778. The van der Waals surface area contributed by atoms with E-state index in [1.165, 1.54) is 5.56 Å². The molecule has 0 bridgehead atoms. The molecule has 1 heterocycles. The number of amides is 1. The van der Waals surface area contributed by atoms with Gasteiger partial charge in [-0.15, -0.1) is 0 Å². The molecule has 0 aromatic heterocycles. The highest BCUT2D eigenvalue weighted by Gasteiger charge is 2.17. The van der Waals surface area contributed by atoms with Crippen molar-refractivity contribution in [3.8, 4) is 5.75 Å². The number of hydrogen-bond donors (Lipinski definition) is 1. The monoisotopic (exact) mass is 319 g/mol. The standard InChI is InChI=1S/C18H29N3O2/c1-15(2)23-18-6-4-17(5-7-18)14-19-8-9-20-10-12-21(13-11-20)16(3)22/h4-7,15,19H,8-14H2,1-3H3. The maximum Gasteiger partial charge on any atom is 0.219 e. The summed E-state index contributed by atoms with van der Waals surface area (Å²) in [6.45, 7) is 12.2. The van der Waals surface area contributed by atoms with Crippen LogP contribution in [0, 0.1) is 0 Å². The van der Waals surface area contributed by atoms with Crippen LogP contribution >= 0.6 is 0 Å². The first-order valence-corrected chi connectivity index (χ1v) is 8.49. The average Bonchev–Trinajstić information content (AvgIpc) is 2.53. The second-order valence-electron chi connectivity index (χ2n) is 6.34. The minimum absolute atomic E-state index is 0.188. The van der Waals surface area contributed by atoms with Crippen LogP contribution in [0.25, 0.3) is 0 Å². The van der Waals surface area contributed by atoms with Crippen LogP contribution in [-0.4, -0.2) is 61.1 Å². The third-order valence-electron chi connectivity index (χ3n) is 4.05. The summed E-state index contributed by atoms with van der Waals surface area (Å²) in [5.74, 6) is 1.11. The summed E-state index contributed by atoms with van der Waals surface area (Å²) in [5, 5.41) is 3.48. The molecule has 5 nitrogen and oxygen atoms in total. The largest absolute Gasteiger partial charge is 0.491 e. The fourth-order valence-corrected chi connectivity index (χ4v) is 2.71. The Kier molecular flexibility index (Phi) is 6.86. The lowest BCUT2D eigenvalue weighted by Gasteiger charge is -2.34. The third-order valence-corrected chi connectivity index (χ3v) is 4.05. The van der Waals surface area contributed by atoms with Crippen LogP contribution < -0.4 is 10.1 Å². The van der Waals surface area contributed by atoms with E-state index in [4.69, 9.17) is 4.74 Å². The normalized spacial score (nSPS) is 15.9. The van der Waals surface area contributed by atoms with Gasteiger partial charge in [0.1, 0.15) is 5.75 Å². The van der Waals surface area contributed by atoms with Gasteiger partial charge in [-0.2, -0.15) is 0 Å². The number of nitrogens with zero attached hydrogens (tertiary/aromatic N) is 2. The van der Waals surface area contributed by atoms with Gasteiger partial charge in [0.2, 0.25) is 5.91 Å². The number of piperazine rings is 1. The van der Waals surface area contributed by atoms with E-state index in [1.54, 1.807) is 6.92 Å². The van der Waals surface area contributed by atoms with Crippen molar-refractivity contribution < 1.29 is 9.53 Å². The summed E-state index contributed by atoms with van der Waals surface area (Å²) >= 11 is 0. The molecule has 1 aromatic carbocycles. The second kappa shape index (κ2) is 8.89. The molecule has 1 N–H and O–H groups in total. The summed E-state index contributed by atoms with van der Waals surface area (Å²) < 4.78 is 5.64. The van der Waals surface area contributed by atoms with Gasteiger partial charge in [0.05, 0.1) is 6.10 Å². The fourth-order valence-electron chi connectivity index (χ4n) is 2.71. The summed E-state index contributed by atoms with van der Waals surface area (Å²) in [6, 6.07) is 8.27. The zero-order valence-corrected chi connectivity index (χ0v) is 14.5. The highest BCUT2D eigenvalue weighted by Crippen LogP contribution is 2.13. The molecular formula is C18H29N3O2. The lowest BCUT2D eigenvalue weighted by Crippen LogP contribution is -2.49. The Balaban J connectivity index is 1.61. The zero-order valence-electron chi connectivity index (χ0n) is 14.5. The van der Waals surface area contributed by atoms with E-state index in [1.807, 2.05) is 30.9 Å². The molecule has 0 radical (unpaired) electrons. The Labute approximate surface area is 139 Å². The molecule has 0 spiro atoms. The summed E-state index contributed by atoms with van der Waals surface area (Å²) in [5.41, 5.74) is 1.27. The van der Waals surface area contributed by atoms with E-state index in [9.17, 15) is 4.79 Å². The van der Waals surface area contributed by atoms with Gasteiger partial charge in [-0.1, -0.05) is 12.1 Å². The Hall–Kier alpha value is -1.59. The molecule has 1 amide bonds. The van der Waals surface area contributed by atoms with Crippen molar-refractivity contribution in [3.05, 3.63) is 29.8 Å². The minimum atomic E-state index is 0.188. The molecule has 1 aliphatic heterocycles. The van der Waals surface area contributed by atoms with E-state index in [-0.39, 0.29) is 12.0 Å². The number of rotatable bonds is 7. The maximum absolute atomic E-state index is 11.3. The second-order valence-corrected chi connectivity index (χ2v) is 6.34. The van der Waals surface area contributed by atoms with E-state index >= 15 is 0 Å². The molecule has 23 heavy (non-hydrogen) atoms. The molecule has 1 saturated heterocycles. The van der Waals surface area contributed by atoms with Gasteiger partial charge in [0.25, 0.3) is 0 Å². The van der Waals surface area contributed by atoms with E-state index < -0.39 is 0 Å². The van der Waals surface area contributed by atoms with E-state index in [0.717, 1.165) is 51.6 Å². The van der Waals surface area contributed by atoms with Crippen LogP contribution in [0.1, 0.15) is 26.3 Å². The van der Waals surface area contributed by atoms with Gasteiger partial charge in [0, 0.05) is 52.7 Å². The van der Waals surface area contributed by atoms with E-state index in [0.29, 0.717) is 0 Å². The maximum atomic E-state index is 11.3. The predicted molar refractivity (Wildman–Crippen MR) is 92.6 cm³/mol. The van der Waals surface area contributed by atoms with Crippen molar-refractivity contribution in [2.45, 2.75) is 33.4 Å². The molecule has 1 aromatic rings. The minimum Gasteiger partial charge on any atom is -0.491 e. The summed E-state index contributed by atoms with van der Waals surface area (Å²) in [7, 11) is 0. The van der Waals surface area contributed by atoms with Crippen LogP contribution in [0.15, 0.2) is 24.3 Å². The topological polar surface area (TPSA) is 44.8 Å². The number of benzene rings is 1. The number of ether oxygens (including phenoxy) is 1. The first kappa shape index (κ1) is 17.8. The molecule has 128 valence electrons. The summed E-state index contributed by atoms with van der Waals surface area (Å²) in [4.78, 5) is 15.6. The van der Waals surface area contributed by atoms with Crippen molar-refractivity contribution in [1.29, 1.82) is 0 Å². The Morgan fingerprint density at radius 1 is 1.17 bits per heavy atom. The van der Waals surface area contributed by atoms with Gasteiger partial charge >= 0.3 is 0 Å². The van der Waals surface area contributed by atoms with Crippen molar-refractivity contribution in [3.63, 3.8) is 0 Å². The van der Waals surface area contributed by atoms with Crippen LogP contribution in [0.5, 0.6) is 5.75 Å². The van der Waals surface area contributed by atoms with Crippen LogP contribution in [0.4, 0.5) is 0 Å². The van der Waals surface area contributed by atoms with Gasteiger partial charge in [-0.05, 0) is 31.5 Å². The highest BCUT2D eigenvalue weighted by atomic mass is 16.5. The Bertz CT molecular complexity index is 480. The number of nitrogens with one attached hydrogen (secondary N) is 1. The van der Waals surface area contributed by atoms with Crippen molar-refractivity contribution in [2.75, 3.05) is 39.3 Å². The first-order chi connectivity index (χ1) is 11.0. The molecular weight excluding hydrogens is 290 g/mol. The van der Waals surface area contributed by atoms with Crippen molar-refractivity contribution in [1.82, 2.24) is 15.1 Å². The van der Waals surface area contributed by atoms with Crippen molar-refractivity contribution in [2.24, 2.45) is 0 Å². The fraction of sp³-hybridized carbons (Fsp3) is 0.611.